The van der Waals surface area contributed by atoms with E-state index in [4.69, 9.17) is 19.5 Å². The van der Waals surface area contributed by atoms with Crippen molar-refractivity contribution in [3.63, 3.8) is 0 Å². The van der Waals surface area contributed by atoms with E-state index in [1.165, 1.54) is 5.56 Å². The molecule has 2 heterocycles. The highest BCUT2D eigenvalue weighted by atomic mass is 32.1. The molecule has 1 saturated heterocycles. The Kier molecular flexibility index (Phi) is 8.10. The van der Waals surface area contributed by atoms with Crippen molar-refractivity contribution in [1.29, 1.82) is 0 Å². The Bertz CT molecular complexity index is 811. The molecular weight excluding hydrogens is 396 g/mol. The lowest BCUT2D eigenvalue weighted by Gasteiger charge is -2.38. The summed E-state index contributed by atoms with van der Waals surface area (Å²) in [4.78, 5) is 9.48. The van der Waals surface area contributed by atoms with Gasteiger partial charge in [-0.1, -0.05) is 26.0 Å². The average molecular weight is 431 g/mol. The van der Waals surface area contributed by atoms with Crippen LogP contribution in [0, 0.1) is 0 Å². The molecule has 164 valence electrons. The third kappa shape index (κ3) is 5.73. The summed E-state index contributed by atoms with van der Waals surface area (Å²) in [6.45, 7) is 10.2. The van der Waals surface area contributed by atoms with Gasteiger partial charge < -0.3 is 20.1 Å². The van der Waals surface area contributed by atoms with Crippen molar-refractivity contribution in [3.8, 4) is 5.75 Å². The molecule has 6 nitrogen and oxygen atoms in total. The molecule has 0 saturated carbocycles. The van der Waals surface area contributed by atoms with Gasteiger partial charge in [-0.25, -0.2) is 9.98 Å². The number of aliphatic imine (C=N–C) groups is 1. The van der Waals surface area contributed by atoms with Crippen molar-refractivity contribution in [3.05, 3.63) is 45.9 Å². The molecule has 1 aliphatic rings. The van der Waals surface area contributed by atoms with E-state index in [1.807, 2.05) is 12.1 Å². The van der Waals surface area contributed by atoms with Gasteiger partial charge in [0.15, 0.2) is 5.96 Å². The predicted octanol–water partition coefficient (Wildman–Crippen LogP) is 4.08. The standard InChI is InChI=1S/C23H34N4O2S/c1-5-24-22(25-14-21-27-20(15-30-21)17(2)3)26-16-23(10-12-29-13-11-23)18-6-8-19(28-4)9-7-18/h6-9,15,17H,5,10-14,16H2,1-4H3,(H2,24,25,26). The van der Waals surface area contributed by atoms with Gasteiger partial charge in [0.1, 0.15) is 10.8 Å². The number of nitrogens with zero attached hydrogens (tertiary/aromatic N) is 2. The summed E-state index contributed by atoms with van der Waals surface area (Å²) in [6.07, 6.45) is 1.96. The zero-order valence-corrected chi connectivity index (χ0v) is 19.3. The van der Waals surface area contributed by atoms with Gasteiger partial charge in [0.2, 0.25) is 0 Å². The predicted molar refractivity (Wildman–Crippen MR) is 124 cm³/mol. The highest BCUT2D eigenvalue weighted by molar-refractivity contribution is 7.09. The van der Waals surface area contributed by atoms with Crippen LogP contribution < -0.4 is 15.4 Å². The topological polar surface area (TPSA) is 67.8 Å². The number of rotatable bonds is 8. The summed E-state index contributed by atoms with van der Waals surface area (Å²) in [7, 11) is 1.70. The molecule has 7 heteroatoms. The van der Waals surface area contributed by atoms with Crippen molar-refractivity contribution >= 4 is 17.3 Å². The normalized spacial score (nSPS) is 16.5. The fraction of sp³-hybridized carbons (Fsp3) is 0.565. The second kappa shape index (κ2) is 10.8. The van der Waals surface area contributed by atoms with E-state index >= 15 is 0 Å². The van der Waals surface area contributed by atoms with E-state index < -0.39 is 0 Å². The Morgan fingerprint density at radius 2 is 1.97 bits per heavy atom. The maximum atomic E-state index is 5.67. The maximum Gasteiger partial charge on any atom is 0.191 e. The smallest absolute Gasteiger partial charge is 0.191 e. The maximum absolute atomic E-state index is 5.67. The quantitative estimate of drug-likeness (QED) is 0.488. The number of methoxy groups -OCH3 is 1. The minimum Gasteiger partial charge on any atom is -0.497 e. The van der Waals surface area contributed by atoms with Gasteiger partial charge in [-0.2, -0.15) is 0 Å². The van der Waals surface area contributed by atoms with Crippen LogP contribution in [-0.4, -0.2) is 44.4 Å². The number of nitrogens with one attached hydrogen (secondary N) is 2. The number of aromatic nitrogens is 1. The van der Waals surface area contributed by atoms with Crippen LogP contribution in [0.1, 0.15) is 55.8 Å². The van der Waals surface area contributed by atoms with E-state index in [9.17, 15) is 0 Å². The molecule has 2 N–H and O–H groups in total. The molecule has 3 rings (SSSR count). The van der Waals surface area contributed by atoms with Crippen molar-refractivity contribution in [1.82, 2.24) is 15.6 Å². The second-order valence-corrected chi connectivity index (χ2v) is 8.93. The van der Waals surface area contributed by atoms with Gasteiger partial charge in [0.05, 0.1) is 19.3 Å². The first-order chi connectivity index (χ1) is 14.6. The zero-order valence-electron chi connectivity index (χ0n) is 18.5. The number of thiazole rings is 1. The van der Waals surface area contributed by atoms with E-state index in [0.717, 1.165) is 61.6 Å². The molecule has 0 aliphatic carbocycles. The highest BCUT2D eigenvalue weighted by Crippen LogP contribution is 2.35. The first-order valence-electron chi connectivity index (χ1n) is 10.7. The molecule has 0 atom stereocenters. The van der Waals surface area contributed by atoms with Crippen LogP contribution in [0.15, 0.2) is 34.6 Å². The van der Waals surface area contributed by atoms with Gasteiger partial charge >= 0.3 is 0 Å². The Balaban J connectivity index is 1.71. The molecule has 1 aliphatic heterocycles. The highest BCUT2D eigenvalue weighted by Gasteiger charge is 2.34. The second-order valence-electron chi connectivity index (χ2n) is 7.99. The Morgan fingerprint density at radius 3 is 2.57 bits per heavy atom. The fourth-order valence-electron chi connectivity index (χ4n) is 3.68. The van der Waals surface area contributed by atoms with Crippen LogP contribution in [0.5, 0.6) is 5.75 Å². The molecular formula is C23H34N4O2S. The van der Waals surface area contributed by atoms with E-state index in [-0.39, 0.29) is 5.41 Å². The third-order valence-electron chi connectivity index (χ3n) is 5.62. The third-order valence-corrected chi connectivity index (χ3v) is 6.48. The first kappa shape index (κ1) is 22.6. The van der Waals surface area contributed by atoms with Crippen molar-refractivity contribution < 1.29 is 9.47 Å². The molecule has 1 fully saturated rings. The van der Waals surface area contributed by atoms with E-state index in [2.05, 4.69) is 48.9 Å². The number of ether oxygens (including phenoxy) is 2. The molecule has 2 aromatic rings. The summed E-state index contributed by atoms with van der Waals surface area (Å²) < 4.78 is 11.0. The molecule has 1 aromatic carbocycles. The molecule has 1 aromatic heterocycles. The summed E-state index contributed by atoms with van der Waals surface area (Å²) in [5.41, 5.74) is 2.48. The largest absolute Gasteiger partial charge is 0.497 e. The minimum absolute atomic E-state index is 0.0205. The van der Waals surface area contributed by atoms with Crippen LogP contribution in [0.25, 0.3) is 0 Å². The van der Waals surface area contributed by atoms with Crippen LogP contribution >= 0.6 is 11.3 Å². The lowest BCUT2D eigenvalue weighted by Crippen LogP contribution is -2.48. The van der Waals surface area contributed by atoms with Crippen LogP contribution in [0.4, 0.5) is 0 Å². The summed E-state index contributed by atoms with van der Waals surface area (Å²) >= 11 is 1.68. The minimum atomic E-state index is 0.0205. The molecule has 0 bridgehead atoms. The van der Waals surface area contributed by atoms with Crippen LogP contribution in [0.3, 0.4) is 0 Å². The number of benzene rings is 1. The lowest BCUT2D eigenvalue weighted by atomic mass is 9.74. The molecule has 0 spiro atoms. The van der Waals surface area contributed by atoms with Crippen molar-refractivity contribution in [2.75, 3.05) is 33.4 Å². The SMILES string of the molecule is CCNC(=NCc1nc(C(C)C)cs1)NCC1(c2ccc(OC)cc2)CCOCC1. The monoisotopic (exact) mass is 430 g/mol. The number of guanidine groups is 1. The Hall–Kier alpha value is -2.12. The van der Waals surface area contributed by atoms with E-state index in [0.29, 0.717) is 12.5 Å². The zero-order chi connectivity index (χ0) is 21.4. The van der Waals surface area contributed by atoms with Crippen molar-refractivity contribution in [2.45, 2.75) is 51.5 Å². The van der Waals surface area contributed by atoms with Crippen LogP contribution in [0.2, 0.25) is 0 Å². The lowest BCUT2D eigenvalue weighted by molar-refractivity contribution is 0.0513. The van der Waals surface area contributed by atoms with Gasteiger partial charge in [0.25, 0.3) is 0 Å². The molecule has 30 heavy (non-hydrogen) atoms. The summed E-state index contributed by atoms with van der Waals surface area (Å²) in [5.74, 6) is 2.16. The van der Waals surface area contributed by atoms with Gasteiger partial charge in [-0.05, 0) is 43.4 Å². The number of hydrogen-bond donors (Lipinski definition) is 2. The van der Waals surface area contributed by atoms with Gasteiger partial charge in [-0.15, -0.1) is 11.3 Å². The average Bonchev–Trinajstić information content (AvgIpc) is 3.26. The first-order valence-corrected chi connectivity index (χ1v) is 11.6. The number of hydrogen-bond acceptors (Lipinski definition) is 5. The summed E-state index contributed by atoms with van der Waals surface area (Å²) in [6, 6.07) is 8.44. The summed E-state index contributed by atoms with van der Waals surface area (Å²) in [5, 5.41) is 10.1. The van der Waals surface area contributed by atoms with Gasteiger partial charge in [0, 0.05) is 37.1 Å². The Morgan fingerprint density at radius 1 is 1.23 bits per heavy atom. The van der Waals surface area contributed by atoms with Crippen molar-refractivity contribution in [2.24, 2.45) is 4.99 Å². The van der Waals surface area contributed by atoms with E-state index in [1.54, 1.807) is 18.4 Å². The van der Waals surface area contributed by atoms with Crippen LogP contribution in [-0.2, 0) is 16.7 Å². The fourth-order valence-corrected chi connectivity index (χ4v) is 4.56. The molecule has 0 radical (unpaired) electrons. The van der Waals surface area contributed by atoms with Gasteiger partial charge in [-0.3, -0.25) is 0 Å². The molecule has 0 unspecified atom stereocenters. The molecule has 0 amide bonds. The Labute approximate surface area is 184 Å².